The molecule has 1 saturated heterocycles. The van der Waals surface area contributed by atoms with Gasteiger partial charge in [0.05, 0.1) is 39.6 Å². The standard InChI is InChI=1S/C63H67N7O9Si/c1-61(2,3)80(51-26-15-8-16-27-51,52-28-17-9-18-29-52)63(73)53(42-78-62(46-24-13-7-14-25-46,47-30-34-49(74-4)35-31-47)48-32-36-50(75-5)37-33-48)79-59(55(63)76-40-20-10-19-39-65-60(72)77-41-21-38-64)70-44-68-54-56(66-43-67-57(54)70)69-58(71)45-22-11-6-12-23-45/h6-9,11-18,22-37,43-44,53,55,59,73H,10,19-21,39-42H2,1-5H3,(H,65,72)(H,66,67,69,71)/t53-,55+,59-,63+/m1/s1. The molecule has 3 N–H and O–H groups in total. The van der Waals surface area contributed by atoms with E-state index in [0.29, 0.717) is 54.0 Å². The molecule has 0 unspecified atom stereocenters. The molecule has 0 bridgehead atoms. The normalized spacial score (nSPS) is 17.3. The summed E-state index contributed by atoms with van der Waals surface area (Å²) in [6.07, 6.45) is 0.897. The van der Waals surface area contributed by atoms with E-state index in [1.165, 1.54) is 6.33 Å². The Labute approximate surface area is 467 Å². The van der Waals surface area contributed by atoms with Crippen molar-refractivity contribution in [2.75, 3.05) is 45.9 Å². The van der Waals surface area contributed by atoms with Crippen molar-refractivity contribution >= 4 is 47.4 Å². The molecule has 0 spiro atoms. The molecule has 0 aliphatic carbocycles. The molecule has 1 aliphatic rings. The van der Waals surface area contributed by atoms with Gasteiger partial charge in [-0.1, -0.05) is 165 Å². The van der Waals surface area contributed by atoms with Crippen LogP contribution in [0.2, 0.25) is 5.04 Å². The summed E-state index contributed by atoms with van der Waals surface area (Å²) in [6, 6.07) is 56.8. The molecule has 17 heteroatoms. The minimum atomic E-state index is -3.84. The maximum atomic E-state index is 15.3. The minimum absolute atomic E-state index is 0.0130. The van der Waals surface area contributed by atoms with Gasteiger partial charge in [0.1, 0.15) is 47.5 Å². The van der Waals surface area contributed by atoms with Crippen LogP contribution in [0, 0.1) is 11.3 Å². The van der Waals surface area contributed by atoms with Gasteiger partial charge in [0.2, 0.25) is 0 Å². The number of carbonyl (C=O) groups excluding carboxylic acids is 2. The molecule has 4 atom stereocenters. The summed E-state index contributed by atoms with van der Waals surface area (Å²) < 4.78 is 40.9. The SMILES string of the molecule is COc1ccc(C(OC[C@H]2O[C@@H](n3cnc4c(NC(=O)c5ccccc5)ncnc43)[C@H](OCCCCCNC(=O)OCCC#N)[C@@]2(O)[Si](c2ccccc2)(c2ccccc2)C(C)(C)C)(c2ccccc2)c2ccc(OC)cc2)cc1. The van der Waals surface area contributed by atoms with Crippen molar-refractivity contribution in [3.63, 3.8) is 0 Å². The number of imidazole rings is 1. The fraction of sp³-hybridized carbons (Fsp3) is 0.302. The Morgan fingerprint density at radius 2 is 1.29 bits per heavy atom. The molecule has 2 aromatic heterocycles. The molecule has 2 amide bonds. The van der Waals surface area contributed by atoms with Crippen LogP contribution in [0.4, 0.5) is 10.6 Å². The van der Waals surface area contributed by atoms with Crippen molar-refractivity contribution in [2.24, 2.45) is 0 Å². The number of methoxy groups -OCH3 is 2. The summed E-state index contributed by atoms with van der Waals surface area (Å²) in [5, 5.41) is 29.2. The molecule has 0 radical (unpaired) electrons. The number of hydrogen-bond acceptors (Lipinski definition) is 13. The first-order valence-corrected chi connectivity index (χ1v) is 28.8. The van der Waals surface area contributed by atoms with Crippen molar-refractivity contribution in [3.05, 3.63) is 205 Å². The highest BCUT2D eigenvalue weighted by molar-refractivity contribution is 7.06. The third-order valence-electron chi connectivity index (χ3n) is 15.0. The zero-order chi connectivity index (χ0) is 56.2. The molecular formula is C63H67N7O9Si. The zero-order valence-electron chi connectivity index (χ0n) is 45.7. The smallest absolute Gasteiger partial charge is 0.407 e. The molecule has 1 aliphatic heterocycles. The first-order chi connectivity index (χ1) is 38.9. The zero-order valence-corrected chi connectivity index (χ0v) is 46.7. The van der Waals surface area contributed by atoms with Gasteiger partial charge < -0.3 is 44.2 Å². The molecule has 80 heavy (non-hydrogen) atoms. The Morgan fingerprint density at radius 3 is 1.85 bits per heavy atom. The number of fused-ring (bicyclic) bond motifs is 1. The number of aromatic nitrogens is 4. The second kappa shape index (κ2) is 25.3. The van der Waals surface area contributed by atoms with Crippen LogP contribution in [-0.4, -0.2) is 103 Å². The summed E-state index contributed by atoms with van der Waals surface area (Å²) in [5.74, 6) is 1.14. The highest BCUT2D eigenvalue weighted by atomic mass is 28.3. The van der Waals surface area contributed by atoms with Crippen LogP contribution in [0.1, 0.15) is 79.7 Å². The number of ether oxygens (including phenoxy) is 6. The summed E-state index contributed by atoms with van der Waals surface area (Å²) in [6.45, 7) is 6.91. The Hall–Kier alpha value is -8.24. The predicted molar refractivity (Wildman–Crippen MR) is 308 cm³/mol. The number of amides is 2. The number of alkyl carbamates (subject to hydrolysis) is 1. The number of anilines is 1. The lowest BCUT2D eigenvalue weighted by molar-refractivity contribution is -0.103. The molecule has 3 heterocycles. The number of hydrogen-bond donors (Lipinski definition) is 3. The molecule has 6 aromatic carbocycles. The van der Waals surface area contributed by atoms with Crippen LogP contribution >= 0.6 is 0 Å². The maximum absolute atomic E-state index is 15.3. The third kappa shape index (κ3) is 11.2. The molecule has 1 fully saturated rings. The fourth-order valence-corrected chi connectivity index (χ4v) is 18.3. The van der Waals surface area contributed by atoms with E-state index in [9.17, 15) is 9.59 Å². The second-order valence-corrected chi connectivity index (χ2v) is 25.5. The quantitative estimate of drug-likeness (QED) is 0.0311. The number of nitriles is 1. The monoisotopic (exact) mass is 1090 g/mol. The number of unbranched alkanes of at least 4 members (excludes halogenated alkanes) is 2. The van der Waals surface area contributed by atoms with Crippen LogP contribution in [0.15, 0.2) is 183 Å². The lowest BCUT2D eigenvalue weighted by Gasteiger charge is -2.55. The first-order valence-electron chi connectivity index (χ1n) is 26.8. The van der Waals surface area contributed by atoms with Gasteiger partial charge in [-0.25, -0.2) is 19.7 Å². The van der Waals surface area contributed by atoms with Gasteiger partial charge in [0, 0.05) is 18.7 Å². The van der Waals surface area contributed by atoms with Crippen LogP contribution < -0.4 is 30.5 Å². The number of nitrogens with one attached hydrogen (secondary N) is 2. The van der Waals surface area contributed by atoms with Gasteiger partial charge in [-0.2, -0.15) is 5.26 Å². The van der Waals surface area contributed by atoms with Crippen molar-refractivity contribution < 1.29 is 43.1 Å². The van der Waals surface area contributed by atoms with E-state index in [1.54, 1.807) is 49.4 Å². The number of aliphatic hydroxyl groups is 1. The molecule has 412 valence electrons. The number of carbonyl (C=O) groups is 2. The molecule has 9 rings (SSSR count). The van der Waals surface area contributed by atoms with E-state index in [1.807, 2.05) is 127 Å². The van der Waals surface area contributed by atoms with Crippen LogP contribution in [0.25, 0.3) is 11.2 Å². The van der Waals surface area contributed by atoms with Crippen molar-refractivity contribution in [1.29, 1.82) is 5.26 Å². The lowest BCUT2D eigenvalue weighted by atomic mass is 9.80. The Bertz CT molecular complexity index is 3260. The average molecular weight is 1090 g/mol. The van der Waals surface area contributed by atoms with Gasteiger partial charge in [0.15, 0.2) is 31.3 Å². The van der Waals surface area contributed by atoms with Crippen LogP contribution in [-0.2, 0) is 24.5 Å². The molecule has 8 aromatic rings. The minimum Gasteiger partial charge on any atom is -0.497 e. The molecular weight excluding hydrogens is 1030 g/mol. The van der Waals surface area contributed by atoms with Gasteiger partial charge in [-0.3, -0.25) is 9.36 Å². The highest BCUT2D eigenvalue weighted by Crippen LogP contribution is 2.54. The van der Waals surface area contributed by atoms with Crippen molar-refractivity contribution in [1.82, 2.24) is 24.8 Å². The largest absolute Gasteiger partial charge is 0.497 e. The fourth-order valence-electron chi connectivity index (χ4n) is 11.5. The molecule has 16 nitrogen and oxygen atoms in total. The van der Waals surface area contributed by atoms with E-state index >= 15 is 5.11 Å². The molecule has 0 saturated carbocycles. The number of nitrogens with zero attached hydrogens (tertiary/aromatic N) is 5. The first kappa shape index (κ1) is 56.5. The third-order valence-corrected chi connectivity index (χ3v) is 21.4. The van der Waals surface area contributed by atoms with E-state index in [4.69, 9.17) is 43.7 Å². The van der Waals surface area contributed by atoms with Crippen LogP contribution in [0.3, 0.4) is 0 Å². The topological polar surface area (TPSA) is 201 Å². The van der Waals surface area contributed by atoms with Crippen molar-refractivity contribution in [2.45, 2.75) is 80.8 Å². The summed E-state index contributed by atoms with van der Waals surface area (Å²) in [7, 11) is -0.577. The Morgan fingerprint density at radius 1 is 0.725 bits per heavy atom. The van der Waals surface area contributed by atoms with Gasteiger partial charge in [-0.15, -0.1) is 0 Å². The number of benzene rings is 6. The van der Waals surface area contributed by atoms with E-state index in [2.05, 4.69) is 60.7 Å². The van der Waals surface area contributed by atoms with E-state index < -0.39 is 48.5 Å². The highest BCUT2D eigenvalue weighted by Gasteiger charge is 2.73. The van der Waals surface area contributed by atoms with Crippen molar-refractivity contribution in [3.8, 4) is 17.6 Å². The Balaban J connectivity index is 1.23. The Kier molecular flexibility index (Phi) is 17.8. The summed E-state index contributed by atoms with van der Waals surface area (Å²) in [5.41, 5.74) is 2.15. The van der Waals surface area contributed by atoms with Crippen LogP contribution in [0.5, 0.6) is 11.5 Å². The maximum Gasteiger partial charge on any atom is 0.407 e. The number of rotatable bonds is 23. The average Bonchev–Trinajstić information content (AvgIpc) is 4.20. The summed E-state index contributed by atoms with van der Waals surface area (Å²) in [4.78, 5) is 40.1. The second-order valence-electron chi connectivity index (χ2n) is 20.6. The van der Waals surface area contributed by atoms with Gasteiger partial charge in [0.25, 0.3) is 5.91 Å². The van der Waals surface area contributed by atoms with Gasteiger partial charge in [-0.05, 0) is 77.4 Å². The van der Waals surface area contributed by atoms with E-state index in [-0.39, 0.29) is 38.0 Å². The predicted octanol–water partition coefficient (Wildman–Crippen LogP) is 9.53. The van der Waals surface area contributed by atoms with Gasteiger partial charge >= 0.3 is 6.09 Å². The van der Waals surface area contributed by atoms with E-state index in [0.717, 1.165) is 27.1 Å². The lowest BCUT2D eigenvalue weighted by Crippen LogP contribution is -2.83. The summed E-state index contributed by atoms with van der Waals surface area (Å²) >= 11 is 0.